The van der Waals surface area contributed by atoms with Gasteiger partial charge in [-0.2, -0.15) is 0 Å². The second kappa shape index (κ2) is 7.72. The van der Waals surface area contributed by atoms with Crippen molar-refractivity contribution in [2.75, 3.05) is 14.2 Å². The Hall–Kier alpha value is -3.36. The summed E-state index contributed by atoms with van der Waals surface area (Å²) in [5.74, 6) is 2.50. The van der Waals surface area contributed by atoms with Crippen molar-refractivity contribution in [3.05, 3.63) is 64.4 Å². The van der Waals surface area contributed by atoms with Gasteiger partial charge in [-0.3, -0.25) is 4.40 Å². The number of hydrogen-bond donors (Lipinski definition) is 1. The van der Waals surface area contributed by atoms with E-state index in [0.717, 1.165) is 22.7 Å². The van der Waals surface area contributed by atoms with Crippen molar-refractivity contribution in [2.24, 2.45) is 0 Å². The number of methoxy groups -OCH3 is 2. The summed E-state index contributed by atoms with van der Waals surface area (Å²) in [4.78, 5) is 21.2. The molecule has 0 aliphatic rings. The predicted octanol–water partition coefficient (Wildman–Crippen LogP) is 4.58. The van der Waals surface area contributed by atoms with Crippen molar-refractivity contribution < 1.29 is 9.47 Å². The fraction of sp³-hybridized carbons (Fsp3) is 0.143. The van der Waals surface area contributed by atoms with E-state index in [9.17, 15) is 0 Å². The minimum absolute atomic E-state index is 0.404. The summed E-state index contributed by atoms with van der Waals surface area (Å²) < 4.78 is 12.6. The zero-order valence-electron chi connectivity index (χ0n) is 16.6. The van der Waals surface area contributed by atoms with Gasteiger partial charge in [0.25, 0.3) is 0 Å². The number of fused-ring (bicyclic) bond motifs is 2. The van der Waals surface area contributed by atoms with E-state index < -0.39 is 0 Å². The Labute approximate surface area is 186 Å². The molecule has 5 aromatic rings. The number of halogens is 2. The van der Waals surface area contributed by atoms with E-state index in [2.05, 4.69) is 19.9 Å². The van der Waals surface area contributed by atoms with Crippen LogP contribution < -0.4 is 9.47 Å². The molecular weight excluding hydrogens is 439 g/mol. The summed E-state index contributed by atoms with van der Waals surface area (Å²) in [6.07, 6.45) is 4.11. The van der Waals surface area contributed by atoms with Gasteiger partial charge in [-0.25, -0.2) is 19.9 Å². The smallest absolute Gasteiger partial charge is 0.179 e. The summed E-state index contributed by atoms with van der Waals surface area (Å²) in [7, 11) is 3.14. The lowest BCUT2D eigenvalue weighted by atomic mass is 10.1. The molecule has 0 saturated carbocycles. The average molecular weight is 455 g/mol. The van der Waals surface area contributed by atoms with Crippen LogP contribution in [0.15, 0.2) is 42.7 Å². The summed E-state index contributed by atoms with van der Waals surface area (Å²) in [6.45, 7) is 0. The van der Waals surface area contributed by atoms with E-state index >= 15 is 0 Å². The number of aromatic amines is 1. The normalized spacial score (nSPS) is 11.4. The second-order valence-corrected chi connectivity index (χ2v) is 7.58. The number of hydrogen-bond acceptors (Lipinski definition) is 6. The van der Waals surface area contributed by atoms with E-state index in [-0.39, 0.29) is 0 Å². The van der Waals surface area contributed by atoms with E-state index in [4.69, 9.17) is 37.7 Å². The van der Waals surface area contributed by atoms with Crippen molar-refractivity contribution >= 4 is 40.0 Å². The molecule has 0 unspecified atom stereocenters. The number of H-pyrrole nitrogens is 1. The van der Waals surface area contributed by atoms with Gasteiger partial charge in [0.15, 0.2) is 17.1 Å². The summed E-state index contributed by atoms with van der Waals surface area (Å²) in [5, 5.41) is 0.897. The first-order valence-electron chi connectivity index (χ1n) is 9.31. The molecule has 0 bridgehead atoms. The van der Waals surface area contributed by atoms with Gasteiger partial charge in [0, 0.05) is 30.4 Å². The van der Waals surface area contributed by atoms with Crippen LogP contribution in [-0.4, -0.2) is 43.5 Å². The van der Waals surface area contributed by atoms with Gasteiger partial charge in [-0.05, 0) is 24.3 Å². The molecule has 0 saturated heterocycles. The highest BCUT2D eigenvalue weighted by Crippen LogP contribution is 2.37. The number of aromatic nitrogens is 6. The van der Waals surface area contributed by atoms with Crippen molar-refractivity contribution in [3.63, 3.8) is 0 Å². The highest BCUT2D eigenvalue weighted by Gasteiger charge is 2.16. The molecule has 5 rings (SSSR count). The van der Waals surface area contributed by atoms with E-state index in [1.807, 2.05) is 22.7 Å². The Kier molecular flexibility index (Phi) is 4.88. The number of imidazole rings is 2. The zero-order chi connectivity index (χ0) is 21.5. The van der Waals surface area contributed by atoms with E-state index in [0.29, 0.717) is 45.1 Å². The summed E-state index contributed by atoms with van der Waals surface area (Å²) in [5.41, 5.74) is 3.66. The van der Waals surface area contributed by atoms with Gasteiger partial charge in [0.1, 0.15) is 22.4 Å². The number of nitrogens with zero attached hydrogens (tertiary/aromatic N) is 5. The zero-order valence-corrected chi connectivity index (χ0v) is 18.1. The van der Waals surface area contributed by atoms with Gasteiger partial charge >= 0.3 is 0 Å². The summed E-state index contributed by atoms with van der Waals surface area (Å²) in [6, 6.07) is 8.92. The molecule has 31 heavy (non-hydrogen) atoms. The van der Waals surface area contributed by atoms with E-state index in [1.54, 1.807) is 38.6 Å². The molecular formula is C21H16Cl2N6O2. The third-order valence-electron chi connectivity index (χ3n) is 4.86. The van der Waals surface area contributed by atoms with Crippen LogP contribution in [0, 0.1) is 0 Å². The highest BCUT2D eigenvalue weighted by molar-refractivity contribution is 6.33. The van der Waals surface area contributed by atoms with Crippen LogP contribution in [0.4, 0.5) is 0 Å². The molecule has 1 N–H and O–H groups in total. The Morgan fingerprint density at radius 3 is 2.61 bits per heavy atom. The fourth-order valence-corrected chi connectivity index (χ4v) is 3.83. The monoisotopic (exact) mass is 454 g/mol. The number of pyridine rings is 1. The van der Waals surface area contributed by atoms with Gasteiger partial charge < -0.3 is 14.5 Å². The molecule has 4 aromatic heterocycles. The Balaban J connectivity index is 1.56. The average Bonchev–Trinajstić information content (AvgIpc) is 3.35. The lowest BCUT2D eigenvalue weighted by Gasteiger charge is -2.12. The molecule has 0 atom stereocenters. The number of benzene rings is 1. The fourth-order valence-electron chi connectivity index (χ4n) is 3.45. The van der Waals surface area contributed by atoms with Crippen LogP contribution in [-0.2, 0) is 6.42 Å². The first-order valence-corrected chi connectivity index (χ1v) is 10.1. The van der Waals surface area contributed by atoms with E-state index in [1.165, 1.54) is 0 Å². The van der Waals surface area contributed by atoms with Crippen LogP contribution in [0.25, 0.3) is 28.2 Å². The first-order chi connectivity index (χ1) is 15.1. The van der Waals surface area contributed by atoms with Gasteiger partial charge in [0.2, 0.25) is 0 Å². The Bertz CT molecular complexity index is 1430. The number of nitrogens with one attached hydrogen (secondary N) is 1. The lowest BCUT2D eigenvalue weighted by Crippen LogP contribution is -1.97. The SMILES string of the molecule is COc1cc(Cl)c(-c2nccc3nc(Cc4nc5nc(Cl)ccc5[nH]4)cn23)cc1OC. The highest BCUT2D eigenvalue weighted by atomic mass is 35.5. The molecule has 0 aliphatic carbocycles. The molecule has 8 nitrogen and oxygen atoms in total. The topological polar surface area (TPSA) is 90.2 Å². The standard InChI is InChI=1S/C21H16Cl2N6O2/c1-30-15-8-12(13(22)9-16(15)31-2)21-24-6-5-19-25-11(10-29(19)21)7-18-26-14-3-4-17(23)27-20(14)28-18/h3-6,8-10H,7H2,1-2H3,(H,26,27,28). The molecule has 1 aromatic carbocycles. The molecule has 0 radical (unpaired) electrons. The Morgan fingerprint density at radius 2 is 1.81 bits per heavy atom. The molecule has 0 amide bonds. The third-order valence-corrected chi connectivity index (χ3v) is 5.38. The molecule has 0 aliphatic heterocycles. The van der Waals surface area contributed by atoms with Crippen LogP contribution in [0.3, 0.4) is 0 Å². The van der Waals surface area contributed by atoms with Crippen molar-refractivity contribution in [1.82, 2.24) is 29.3 Å². The van der Waals surface area contributed by atoms with Crippen molar-refractivity contribution in [3.8, 4) is 22.9 Å². The predicted molar refractivity (Wildman–Crippen MR) is 118 cm³/mol. The van der Waals surface area contributed by atoms with Crippen molar-refractivity contribution in [1.29, 1.82) is 0 Å². The first kappa shape index (κ1) is 19.6. The van der Waals surface area contributed by atoms with Crippen LogP contribution in [0.2, 0.25) is 10.2 Å². The van der Waals surface area contributed by atoms with Crippen LogP contribution in [0.1, 0.15) is 11.5 Å². The van der Waals surface area contributed by atoms with Crippen LogP contribution in [0.5, 0.6) is 11.5 Å². The van der Waals surface area contributed by atoms with Gasteiger partial charge in [-0.1, -0.05) is 23.2 Å². The molecule has 156 valence electrons. The van der Waals surface area contributed by atoms with Crippen molar-refractivity contribution in [2.45, 2.75) is 6.42 Å². The van der Waals surface area contributed by atoms with Gasteiger partial charge in [-0.15, -0.1) is 0 Å². The minimum Gasteiger partial charge on any atom is -0.493 e. The third kappa shape index (κ3) is 3.54. The van der Waals surface area contributed by atoms with Gasteiger partial charge in [0.05, 0.1) is 30.5 Å². The molecule has 4 heterocycles. The maximum Gasteiger partial charge on any atom is 0.179 e. The Morgan fingerprint density at radius 1 is 1.00 bits per heavy atom. The maximum absolute atomic E-state index is 6.52. The largest absolute Gasteiger partial charge is 0.493 e. The minimum atomic E-state index is 0.404. The van der Waals surface area contributed by atoms with Crippen LogP contribution >= 0.6 is 23.2 Å². The molecule has 0 fully saturated rings. The number of rotatable bonds is 5. The molecule has 0 spiro atoms. The molecule has 10 heteroatoms. The lowest BCUT2D eigenvalue weighted by molar-refractivity contribution is 0.355. The maximum atomic E-state index is 6.52. The summed E-state index contributed by atoms with van der Waals surface area (Å²) >= 11 is 12.5. The number of ether oxygens (including phenoxy) is 2. The second-order valence-electron chi connectivity index (χ2n) is 6.78. The quantitative estimate of drug-likeness (QED) is 0.390.